The van der Waals surface area contributed by atoms with Crippen LogP contribution in [0.25, 0.3) is 6.08 Å². The van der Waals surface area contributed by atoms with Crippen molar-refractivity contribution in [2.45, 2.75) is 6.61 Å². The first kappa shape index (κ1) is 22.1. The molecule has 7 heteroatoms. The van der Waals surface area contributed by atoms with Crippen molar-refractivity contribution in [3.8, 4) is 17.6 Å². The Morgan fingerprint density at radius 2 is 1.87 bits per heavy atom. The van der Waals surface area contributed by atoms with E-state index in [1.54, 1.807) is 18.2 Å². The Morgan fingerprint density at radius 3 is 2.55 bits per heavy atom. The van der Waals surface area contributed by atoms with E-state index in [-0.39, 0.29) is 5.57 Å². The van der Waals surface area contributed by atoms with Crippen molar-refractivity contribution >= 4 is 33.6 Å². The van der Waals surface area contributed by atoms with Crippen LogP contribution in [-0.2, 0) is 11.4 Å². The van der Waals surface area contributed by atoms with Gasteiger partial charge in [-0.15, -0.1) is 0 Å². The molecule has 5 nitrogen and oxygen atoms in total. The number of amides is 1. The molecule has 0 aliphatic rings. The maximum absolute atomic E-state index is 13.0. The molecule has 3 aromatic rings. The summed E-state index contributed by atoms with van der Waals surface area (Å²) in [5.74, 6) is -0.00730. The molecule has 0 unspecified atom stereocenters. The van der Waals surface area contributed by atoms with Gasteiger partial charge in [-0.2, -0.15) is 5.26 Å². The molecule has 0 heterocycles. The molecule has 1 amide bonds. The van der Waals surface area contributed by atoms with E-state index in [9.17, 15) is 14.4 Å². The second kappa shape index (κ2) is 10.4. The van der Waals surface area contributed by atoms with Crippen molar-refractivity contribution in [3.63, 3.8) is 0 Å². The maximum Gasteiger partial charge on any atom is 0.266 e. The Kier molecular flexibility index (Phi) is 7.41. The second-order valence-electron chi connectivity index (χ2n) is 6.42. The summed E-state index contributed by atoms with van der Waals surface area (Å²) in [6.07, 6.45) is 1.44. The molecule has 0 aliphatic carbocycles. The Bertz CT molecular complexity index is 1150. The monoisotopic (exact) mass is 480 g/mol. The summed E-state index contributed by atoms with van der Waals surface area (Å²) in [5, 5.41) is 12.0. The minimum Gasteiger partial charge on any atom is -0.493 e. The fourth-order valence-electron chi connectivity index (χ4n) is 2.71. The fourth-order valence-corrected chi connectivity index (χ4v) is 3.11. The van der Waals surface area contributed by atoms with E-state index in [1.807, 2.05) is 30.3 Å². The number of benzene rings is 3. The largest absolute Gasteiger partial charge is 0.493 e. The van der Waals surface area contributed by atoms with Gasteiger partial charge in [0.15, 0.2) is 11.5 Å². The smallest absolute Gasteiger partial charge is 0.266 e. The zero-order valence-corrected chi connectivity index (χ0v) is 18.1. The number of hydrogen-bond donors (Lipinski definition) is 1. The van der Waals surface area contributed by atoms with Gasteiger partial charge in [0, 0.05) is 15.7 Å². The van der Waals surface area contributed by atoms with Crippen LogP contribution in [0.15, 0.2) is 76.8 Å². The molecule has 0 fully saturated rings. The van der Waals surface area contributed by atoms with Crippen molar-refractivity contribution < 1.29 is 18.7 Å². The van der Waals surface area contributed by atoms with Crippen LogP contribution in [0.2, 0.25) is 0 Å². The van der Waals surface area contributed by atoms with Gasteiger partial charge in [-0.3, -0.25) is 4.79 Å². The lowest BCUT2D eigenvalue weighted by molar-refractivity contribution is -0.112. The number of nitrogens with zero attached hydrogens (tertiary/aromatic N) is 1. The number of methoxy groups -OCH3 is 1. The molecule has 1 N–H and O–H groups in total. The molecule has 0 aliphatic heterocycles. The lowest BCUT2D eigenvalue weighted by Crippen LogP contribution is -2.13. The highest BCUT2D eigenvalue weighted by Crippen LogP contribution is 2.30. The SMILES string of the molecule is COc1cc(/C=C(\C#N)C(=O)Nc2ccc(F)cc2)ccc1OCc1ccccc1Br. The first-order valence-electron chi connectivity index (χ1n) is 9.23. The zero-order valence-electron chi connectivity index (χ0n) is 16.6. The minimum atomic E-state index is -0.595. The third-order valence-corrected chi connectivity index (χ3v) is 5.08. The van der Waals surface area contributed by atoms with E-state index < -0.39 is 11.7 Å². The van der Waals surface area contributed by atoms with E-state index in [1.165, 1.54) is 37.5 Å². The Hall–Kier alpha value is -3.63. The average Bonchev–Trinajstić information content (AvgIpc) is 2.78. The Morgan fingerprint density at radius 1 is 1.13 bits per heavy atom. The number of anilines is 1. The number of halogens is 2. The molecule has 0 saturated carbocycles. The van der Waals surface area contributed by atoms with Crippen molar-refractivity contribution in [1.29, 1.82) is 5.26 Å². The number of nitrogens with one attached hydrogen (secondary N) is 1. The standard InChI is InChI=1S/C24H18BrFN2O3/c1-30-23-13-16(6-11-22(23)31-15-17-4-2-3-5-21(17)25)12-18(14-27)24(29)28-20-9-7-19(26)8-10-20/h2-13H,15H2,1H3,(H,28,29)/b18-12+. The lowest BCUT2D eigenvalue weighted by atomic mass is 10.1. The highest BCUT2D eigenvalue weighted by molar-refractivity contribution is 9.10. The summed E-state index contributed by atoms with van der Waals surface area (Å²) in [7, 11) is 1.51. The van der Waals surface area contributed by atoms with Crippen LogP contribution in [0.3, 0.4) is 0 Å². The molecule has 0 spiro atoms. The molecule has 0 saturated heterocycles. The summed E-state index contributed by atoms with van der Waals surface area (Å²) in [4.78, 5) is 12.4. The van der Waals surface area contributed by atoms with Crippen LogP contribution in [0.5, 0.6) is 11.5 Å². The summed E-state index contributed by atoms with van der Waals surface area (Å²) in [5.41, 5.74) is 1.86. The van der Waals surface area contributed by atoms with Crippen LogP contribution in [0.4, 0.5) is 10.1 Å². The van der Waals surface area contributed by atoms with Gasteiger partial charge in [-0.25, -0.2) is 4.39 Å². The normalized spacial score (nSPS) is 10.8. The topological polar surface area (TPSA) is 71.3 Å². The van der Waals surface area contributed by atoms with Crippen LogP contribution in [-0.4, -0.2) is 13.0 Å². The predicted molar refractivity (Wildman–Crippen MR) is 120 cm³/mol. The summed E-state index contributed by atoms with van der Waals surface area (Å²) < 4.78 is 25.2. The number of hydrogen-bond acceptors (Lipinski definition) is 4. The lowest BCUT2D eigenvalue weighted by Gasteiger charge is -2.12. The van der Waals surface area contributed by atoms with Gasteiger partial charge in [-0.1, -0.05) is 40.2 Å². The van der Waals surface area contributed by atoms with Crippen molar-refractivity contribution in [2.75, 3.05) is 12.4 Å². The number of carbonyl (C=O) groups excluding carboxylic acids is 1. The van der Waals surface area contributed by atoms with Gasteiger partial charge in [0.25, 0.3) is 5.91 Å². The summed E-state index contributed by atoms with van der Waals surface area (Å²) in [6, 6.07) is 20.0. The highest BCUT2D eigenvalue weighted by Gasteiger charge is 2.12. The molecule has 31 heavy (non-hydrogen) atoms. The first-order valence-corrected chi connectivity index (χ1v) is 10.0. The second-order valence-corrected chi connectivity index (χ2v) is 7.28. The number of nitriles is 1. The predicted octanol–water partition coefficient (Wildman–Crippen LogP) is 5.72. The molecule has 3 rings (SSSR count). The van der Waals surface area contributed by atoms with Gasteiger partial charge >= 0.3 is 0 Å². The van der Waals surface area contributed by atoms with Gasteiger partial charge in [0.2, 0.25) is 0 Å². The average molecular weight is 481 g/mol. The molecule has 156 valence electrons. The van der Waals surface area contributed by atoms with Crippen molar-refractivity contribution in [2.24, 2.45) is 0 Å². The van der Waals surface area contributed by atoms with Crippen molar-refractivity contribution in [3.05, 3.63) is 93.7 Å². The highest BCUT2D eigenvalue weighted by atomic mass is 79.9. The first-order chi connectivity index (χ1) is 15.0. The summed E-state index contributed by atoms with van der Waals surface area (Å²) >= 11 is 3.49. The zero-order chi connectivity index (χ0) is 22.2. The number of ether oxygens (including phenoxy) is 2. The molecule has 3 aromatic carbocycles. The van der Waals surface area contributed by atoms with Gasteiger partial charge in [-0.05, 0) is 54.1 Å². The van der Waals surface area contributed by atoms with Crippen LogP contribution in [0.1, 0.15) is 11.1 Å². The van der Waals surface area contributed by atoms with E-state index in [2.05, 4.69) is 21.2 Å². The van der Waals surface area contributed by atoms with Crippen LogP contribution in [0, 0.1) is 17.1 Å². The van der Waals surface area contributed by atoms with Crippen molar-refractivity contribution in [1.82, 2.24) is 0 Å². The molecule has 0 radical (unpaired) electrons. The van der Waals surface area contributed by atoms with E-state index in [0.29, 0.717) is 29.4 Å². The number of carbonyl (C=O) groups is 1. The number of rotatable bonds is 7. The van der Waals surface area contributed by atoms with E-state index in [0.717, 1.165) is 10.0 Å². The summed E-state index contributed by atoms with van der Waals surface area (Å²) in [6.45, 7) is 0.344. The Balaban J connectivity index is 1.75. The maximum atomic E-state index is 13.0. The van der Waals surface area contributed by atoms with Gasteiger partial charge in [0.05, 0.1) is 7.11 Å². The molecule has 0 atom stereocenters. The van der Waals surface area contributed by atoms with Crippen LogP contribution >= 0.6 is 15.9 Å². The van der Waals surface area contributed by atoms with E-state index in [4.69, 9.17) is 9.47 Å². The molecule has 0 bridgehead atoms. The van der Waals surface area contributed by atoms with Gasteiger partial charge < -0.3 is 14.8 Å². The quantitative estimate of drug-likeness (QED) is 0.346. The van der Waals surface area contributed by atoms with E-state index >= 15 is 0 Å². The third kappa shape index (κ3) is 5.93. The Labute approximate surface area is 187 Å². The van der Waals surface area contributed by atoms with Crippen LogP contribution < -0.4 is 14.8 Å². The fraction of sp³-hybridized carbons (Fsp3) is 0.0833. The minimum absolute atomic E-state index is 0.103. The molecular weight excluding hydrogens is 463 g/mol. The molecule has 0 aromatic heterocycles. The third-order valence-electron chi connectivity index (χ3n) is 4.31. The van der Waals surface area contributed by atoms with Gasteiger partial charge in [0.1, 0.15) is 24.1 Å². The molecular formula is C24H18BrFN2O3.